The van der Waals surface area contributed by atoms with Crippen LogP contribution in [0.4, 0.5) is 0 Å². The van der Waals surface area contributed by atoms with Crippen molar-refractivity contribution < 1.29 is 4.79 Å². The number of aryl methyl sites for hydroxylation is 1. The highest BCUT2D eigenvalue weighted by atomic mass is 16.1. The van der Waals surface area contributed by atoms with Crippen LogP contribution >= 0.6 is 0 Å². The molecule has 0 saturated carbocycles. The zero-order valence-electron chi connectivity index (χ0n) is 19.1. The molecule has 0 saturated heterocycles. The second-order valence-corrected chi connectivity index (χ2v) is 9.42. The number of hydrogen-bond acceptors (Lipinski definition) is 3. The summed E-state index contributed by atoms with van der Waals surface area (Å²) >= 11 is 0. The number of unbranched alkanes of at least 4 members (excludes halogenated alkanes) is 2. The number of hydrogen-bond donors (Lipinski definition) is 1. The molecule has 0 bridgehead atoms. The first-order valence-corrected chi connectivity index (χ1v) is 11.0. The highest BCUT2D eigenvalue weighted by Crippen LogP contribution is 2.32. The van der Waals surface area contributed by atoms with Crippen molar-refractivity contribution in [3.8, 4) is 0 Å². The lowest BCUT2D eigenvalue weighted by atomic mass is 9.83. The van der Waals surface area contributed by atoms with E-state index in [-0.39, 0.29) is 17.2 Å². The standard InChI is InChI=1S/C25H40N2O/c1-8-10-11-12-19(9-2)24(28)15-23-22-14-21(17-27(6)7)18(3)13-20(22)16-25(4,5)26-23/h13-15,19,26H,8-12,16-17H2,1-7H3/b23-15-. The van der Waals surface area contributed by atoms with E-state index in [0.717, 1.165) is 37.9 Å². The van der Waals surface area contributed by atoms with Gasteiger partial charge in [-0.3, -0.25) is 4.79 Å². The first-order chi connectivity index (χ1) is 13.2. The van der Waals surface area contributed by atoms with Gasteiger partial charge in [-0.05, 0) is 76.9 Å². The molecule has 0 radical (unpaired) electrons. The molecule has 1 N–H and O–H groups in total. The van der Waals surface area contributed by atoms with E-state index in [1.807, 2.05) is 6.08 Å². The molecule has 0 aliphatic carbocycles. The molecule has 1 aliphatic rings. The van der Waals surface area contributed by atoms with Crippen molar-refractivity contribution >= 4 is 11.5 Å². The molecule has 0 spiro atoms. The zero-order valence-corrected chi connectivity index (χ0v) is 19.1. The molecule has 156 valence electrons. The molecule has 0 aromatic heterocycles. The molecule has 1 atom stereocenters. The SMILES string of the molecule is CCCCCC(CC)C(=O)/C=C1\NC(C)(C)Cc2cc(C)c(CN(C)C)cc21. The van der Waals surface area contributed by atoms with Gasteiger partial charge in [-0.15, -0.1) is 0 Å². The fourth-order valence-electron chi connectivity index (χ4n) is 4.24. The number of allylic oxidation sites excluding steroid dienone is 1. The van der Waals surface area contributed by atoms with Crippen LogP contribution in [-0.2, 0) is 17.8 Å². The number of nitrogens with one attached hydrogen (secondary N) is 1. The molecule has 3 heteroatoms. The second-order valence-electron chi connectivity index (χ2n) is 9.42. The van der Waals surface area contributed by atoms with Gasteiger partial charge in [0.05, 0.1) is 0 Å². The molecule has 28 heavy (non-hydrogen) atoms. The van der Waals surface area contributed by atoms with Crippen LogP contribution in [0.5, 0.6) is 0 Å². The Labute approximate surface area is 172 Å². The maximum absolute atomic E-state index is 13.1. The third kappa shape index (κ3) is 5.94. The average molecular weight is 385 g/mol. The van der Waals surface area contributed by atoms with Gasteiger partial charge in [0.15, 0.2) is 5.78 Å². The van der Waals surface area contributed by atoms with Crippen LogP contribution in [0.1, 0.15) is 82.1 Å². The highest BCUT2D eigenvalue weighted by Gasteiger charge is 2.29. The van der Waals surface area contributed by atoms with E-state index in [2.05, 4.69) is 71.1 Å². The molecular weight excluding hydrogens is 344 g/mol. The Morgan fingerprint density at radius 1 is 1.25 bits per heavy atom. The predicted octanol–water partition coefficient (Wildman–Crippen LogP) is 5.50. The number of rotatable bonds is 9. The summed E-state index contributed by atoms with van der Waals surface area (Å²) in [7, 11) is 4.20. The normalized spacial score (nSPS) is 18.1. The Hall–Kier alpha value is -1.61. The van der Waals surface area contributed by atoms with Crippen molar-refractivity contribution in [2.24, 2.45) is 5.92 Å². The van der Waals surface area contributed by atoms with Gasteiger partial charge in [-0.1, -0.05) is 39.2 Å². The number of ketones is 1. The van der Waals surface area contributed by atoms with Crippen LogP contribution in [-0.4, -0.2) is 30.3 Å². The lowest BCUT2D eigenvalue weighted by Gasteiger charge is -2.36. The predicted molar refractivity (Wildman–Crippen MR) is 120 cm³/mol. The lowest BCUT2D eigenvalue weighted by molar-refractivity contribution is -0.118. The minimum absolute atomic E-state index is 0.0431. The van der Waals surface area contributed by atoms with Crippen LogP contribution in [0, 0.1) is 12.8 Å². The van der Waals surface area contributed by atoms with E-state index in [9.17, 15) is 4.79 Å². The third-order valence-electron chi connectivity index (χ3n) is 5.78. The molecule has 1 unspecified atom stereocenters. The van der Waals surface area contributed by atoms with Crippen LogP contribution in [0.3, 0.4) is 0 Å². The van der Waals surface area contributed by atoms with E-state index in [0.29, 0.717) is 0 Å². The minimum atomic E-state index is -0.0431. The van der Waals surface area contributed by atoms with E-state index in [1.54, 1.807) is 0 Å². The Morgan fingerprint density at radius 2 is 1.96 bits per heavy atom. The van der Waals surface area contributed by atoms with Gasteiger partial charge in [0.1, 0.15) is 0 Å². The summed E-state index contributed by atoms with van der Waals surface area (Å²) in [6, 6.07) is 4.62. The summed E-state index contributed by atoms with van der Waals surface area (Å²) in [6.07, 6.45) is 8.35. The van der Waals surface area contributed by atoms with Gasteiger partial charge in [0.25, 0.3) is 0 Å². The number of benzene rings is 1. The molecule has 0 fully saturated rings. The maximum atomic E-state index is 13.1. The summed E-state index contributed by atoms with van der Waals surface area (Å²) in [5.41, 5.74) is 6.18. The maximum Gasteiger partial charge on any atom is 0.160 e. The van der Waals surface area contributed by atoms with Crippen LogP contribution in [0.15, 0.2) is 18.2 Å². The van der Waals surface area contributed by atoms with E-state index in [1.165, 1.54) is 35.1 Å². The zero-order chi connectivity index (χ0) is 20.9. The van der Waals surface area contributed by atoms with Crippen molar-refractivity contribution in [3.63, 3.8) is 0 Å². The molecular formula is C25H40N2O. The van der Waals surface area contributed by atoms with Gasteiger partial charge in [0.2, 0.25) is 0 Å². The summed E-state index contributed by atoms with van der Waals surface area (Å²) in [5.74, 6) is 0.417. The van der Waals surface area contributed by atoms with Crippen LogP contribution in [0.2, 0.25) is 0 Å². The average Bonchev–Trinajstić information content (AvgIpc) is 2.58. The van der Waals surface area contributed by atoms with Crippen molar-refractivity contribution in [2.75, 3.05) is 14.1 Å². The van der Waals surface area contributed by atoms with Crippen LogP contribution < -0.4 is 5.32 Å². The molecule has 1 aromatic carbocycles. The van der Waals surface area contributed by atoms with Gasteiger partial charge in [0, 0.05) is 35.3 Å². The smallest absolute Gasteiger partial charge is 0.160 e. The van der Waals surface area contributed by atoms with Crippen molar-refractivity contribution in [3.05, 3.63) is 40.5 Å². The highest BCUT2D eigenvalue weighted by molar-refractivity contribution is 5.98. The monoisotopic (exact) mass is 384 g/mol. The van der Waals surface area contributed by atoms with Gasteiger partial charge in [-0.2, -0.15) is 0 Å². The molecule has 1 aliphatic heterocycles. The molecule has 2 rings (SSSR count). The van der Waals surface area contributed by atoms with Crippen molar-refractivity contribution in [1.82, 2.24) is 10.2 Å². The number of carbonyl (C=O) groups is 1. The number of carbonyl (C=O) groups excluding carboxylic acids is 1. The third-order valence-corrected chi connectivity index (χ3v) is 5.78. The van der Waals surface area contributed by atoms with Gasteiger partial charge < -0.3 is 10.2 Å². The summed E-state index contributed by atoms with van der Waals surface area (Å²) in [5, 5.41) is 3.65. The van der Waals surface area contributed by atoms with Crippen molar-refractivity contribution in [1.29, 1.82) is 0 Å². The molecule has 1 aromatic rings. The second kappa shape index (κ2) is 9.73. The minimum Gasteiger partial charge on any atom is -0.379 e. The Bertz CT molecular complexity index is 716. The Morgan fingerprint density at radius 3 is 2.57 bits per heavy atom. The first kappa shape index (κ1) is 22.7. The Balaban J connectivity index is 2.38. The van der Waals surface area contributed by atoms with Gasteiger partial charge in [-0.25, -0.2) is 0 Å². The topological polar surface area (TPSA) is 32.3 Å². The number of nitrogens with zero attached hydrogens (tertiary/aromatic N) is 1. The van der Waals surface area contributed by atoms with Crippen molar-refractivity contribution in [2.45, 2.75) is 85.2 Å². The summed E-state index contributed by atoms with van der Waals surface area (Å²) in [4.78, 5) is 15.3. The Kier molecular flexibility index (Phi) is 7.88. The van der Waals surface area contributed by atoms with E-state index in [4.69, 9.17) is 0 Å². The molecule has 0 amide bonds. The largest absolute Gasteiger partial charge is 0.379 e. The quantitative estimate of drug-likeness (QED) is 0.451. The van der Waals surface area contributed by atoms with E-state index >= 15 is 0 Å². The fourth-order valence-corrected chi connectivity index (χ4v) is 4.24. The van der Waals surface area contributed by atoms with Crippen LogP contribution in [0.25, 0.3) is 5.70 Å². The first-order valence-electron chi connectivity index (χ1n) is 11.0. The summed E-state index contributed by atoms with van der Waals surface area (Å²) < 4.78 is 0. The lowest BCUT2D eigenvalue weighted by Crippen LogP contribution is -2.44. The van der Waals surface area contributed by atoms with Gasteiger partial charge >= 0.3 is 0 Å². The fraction of sp³-hybridized carbons (Fsp3) is 0.640. The van der Waals surface area contributed by atoms with E-state index < -0.39 is 0 Å². The molecule has 3 nitrogen and oxygen atoms in total. The number of fused-ring (bicyclic) bond motifs is 1. The summed E-state index contributed by atoms with van der Waals surface area (Å²) in [6.45, 7) is 11.9. The molecule has 1 heterocycles.